The lowest BCUT2D eigenvalue weighted by atomic mass is 10.3. The number of hydrogen-bond acceptors (Lipinski definition) is 3. The van der Waals surface area contributed by atoms with Crippen molar-refractivity contribution in [1.82, 2.24) is 4.31 Å². The number of allylic oxidation sites excluding steroid dienone is 1. The molecule has 0 heterocycles. The van der Waals surface area contributed by atoms with Crippen LogP contribution in [0.3, 0.4) is 0 Å². The average Bonchev–Trinajstić information content (AvgIpc) is 2.39. The van der Waals surface area contributed by atoms with Crippen LogP contribution in [0.1, 0.15) is 27.7 Å². The van der Waals surface area contributed by atoms with Crippen molar-refractivity contribution < 1.29 is 13.2 Å². The number of nitrogens with one attached hydrogen (secondary N) is 1. The number of carbonyl (C=O) groups is 1. The minimum atomic E-state index is -3.46. The maximum Gasteiger partial charge on any atom is 0.248 e. The quantitative estimate of drug-likeness (QED) is 0.821. The van der Waals surface area contributed by atoms with E-state index in [1.54, 1.807) is 26.0 Å². The van der Waals surface area contributed by atoms with Crippen LogP contribution in [0.25, 0.3) is 0 Å². The second-order valence-electron chi connectivity index (χ2n) is 4.82. The Balaban J connectivity index is 2.93. The Morgan fingerprint density at radius 2 is 1.67 bits per heavy atom. The van der Waals surface area contributed by atoms with Crippen LogP contribution in [0.2, 0.25) is 0 Å². The molecule has 1 aromatic carbocycles. The molecule has 1 rings (SSSR count). The zero-order chi connectivity index (χ0) is 16.0. The van der Waals surface area contributed by atoms with Crippen molar-refractivity contribution >= 4 is 21.6 Å². The Labute approximate surface area is 126 Å². The van der Waals surface area contributed by atoms with Gasteiger partial charge in [0.15, 0.2) is 0 Å². The summed E-state index contributed by atoms with van der Waals surface area (Å²) in [5.74, 6) is -0.227. The van der Waals surface area contributed by atoms with Gasteiger partial charge in [-0.05, 0) is 38.1 Å². The van der Waals surface area contributed by atoms with Crippen molar-refractivity contribution in [1.29, 1.82) is 0 Å². The van der Waals surface area contributed by atoms with Gasteiger partial charge < -0.3 is 5.32 Å². The van der Waals surface area contributed by atoms with E-state index in [1.807, 2.05) is 13.8 Å². The topological polar surface area (TPSA) is 66.5 Å². The fourth-order valence-electron chi connectivity index (χ4n) is 1.86. The van der Waals surface area contributed by atoms with Crippen molar-refractivity contribution in [3.05, 3.63) is 35.9 Å². The molecular formula is C15H22N2O3S. The van der Waals surface area contributed by atoms with Crippen LogP contribution in [0.5, 0.6) is 0 Å². The molecule has 6 heteroatoms. The molecular weight excluding hydrogens is 288 g/mol. The molecule has 21 heavy (non-hydrogen) atoms. The van der Waals surface area contributed by atoms with Crippen LogP contribution in [0.4, 0.5) is 5.69 Å². The minimum absolute atomic E-state index is 0.227. The number of hydrogen-bond donors (Lipinski definition) is 1. The second kappa shape index (κ2) is 7.38. The Bertz CT molecular complexity index is 611. The summed E-state index contributed by atoms with van der Waals surface area (Å²) in [5.41, 5.74) is 1.46. The average molecular weight is 310 g/mol. The van der Waals surface area contributed by atoms with Gasteiger partial charge in [0.1, 0.15) is 0 Å². The van der Waals surface area contributed by atoms with E-state index >= 15 is 0 Å². The third-order valence-corrected chi connectivity index (χ3v) is 4.95. The molecule has 0 aliphatic carbocycles. The van der Waals surface area contributed by atoms with Crippen LogP contribution in [-0.2, 0) is 14.8 Å². The van der Waals surface area contributed by atoms with Gasteiger partial charge >= 0.3 is 0 Å². The molecule has 1 N–H and O–H groups in total. The highest BCUT2D eigenvalue weighted by Gasteiger charge is 2.21. The van der Waals surface area contributed by atoms with Gasteiger partial charge in [-0.2, -0.15) is 4.31 Å². The summed E-state index contributed by atoms with van der Waals surface area (Å²) in [6.45, 7) is 8.12. The highest BCUT2D eigenvalue weighted by atomic mass is 32.2. The molecule has 1 aromatic rings. The SMILES string of the molecule is CCN(CC)S(=O)(=O)c1ccc(NC(=O)C=C(C)C)cc1. The van der Waals surface area contributed by atoms with Crippen molar-refractivity contribution in [2.24, 2.45) is 0 Å². The standard InChI is InChI=1S/C15H22N2O3S/c1-5-17(6-2)21(19,20)14-9-7-13(8-10-14)16-15(18)11-12(3)4/h7-11H,5-6H2,1-4H3,(H,16,18). The summed E-state index contributed by atoms with van der Waals surface area (Å²) in [6, 6.07) is 6.19. The lowest BCUT2D eigenvalue weighted by Gasteiger charge is -2.18. The zero-order valence-electron chi connectivity index (χ0n) is 12.9. The summed E-state index contributed by atoms with van der Waals surface area (Å²) >= 11 is 0. The Morgan fingerprint density at radius 3 is 2.10 bits per heavy atom. The maximum absolute atomic E-state index is 12.3. The molecule has 0 bridgehead atoms. The van der Waals surface area contributed by atoms with Gasteiger partial charge in [-0.3, -0.25) is 4.79 Å². The Kier molecular flexibility index (Phi) is 6.11. The number of carbonyl (C=O) groups excluding carboxylic acids is 1. The van der Waals surface area contributed by atoms with E-state index in [4.69, 9.17) is 0 Å². The van der Waals surface area contributed by atoms with E-state index in [-0.39, 0.29) is 10.8 Å². The highest BCUT2D eigenvalue weighted by Crippen LogP contribution is 2.18. The van der Waals surface area contributed by atoms with E-state index in [0.29, 0.717) is 18.8 Å². The number of nitrogens with zero attached hydrogens (tertiary/aromatic N) is 1. The largest absolute Gasteiger partial charge is 0.323 e. The van der Waals surface area contributed by atoms with Crippen LogP contribution in [0, 0.1) is 0 Å². The van der Waals surface area contributed by atoms with Crippen LogP contribution in [-0.4, -0.2) is 31.7 Å². The Hall–Kier alpha value is -1.66. The predicted octanol–water partition coefficient (Wildman–Crippen LogP) is 2.62. The summed E-state index contributed by atoms with van der Waals surface area (Å²) in [5, 5.41) is 2.69. The molecule has 0 fully saturated rings. The van der Waals surface area contributed by atoms with Crippen molar-refractivity contribution in [2.75, 3.05) is 18.4 Å². The van der Waals surface area contributed by atoms with Gasteiger partial charge in [0, 0.05) is 24.9 Å². The summed E-state index contributed by atoms with van der Waals surface area (Å²) in [4.78, 5) is 11.8. The van der Waals surface area contributed by atoms with E-state index in [2.05, 4.69) is 5.32 Å². The monoisotopic (exact) mass is 310 g/mol. The van der Waals surface area contributed by atoms with Gasteiger partial charge in [-0.15, -0.1) is 0 Å². The third kappa shape index (κ3) is 4.68. The molecule has 0 aliphatic heterocycles. The van der Waals surface area contributed by atoms with Crippen molar-refractivity contribution in [3.63, 3.8) is 0 Å². The first-order chi connectivity index (χ1) is 9.81. The molecule has 0 saturated carbocycles. The lowest BCUT2D eigenvalue weighted by molar-refractivity contribution is -0.111. The first kappa shape index (κ1) is 17.4. The number of benzene rings is 1. The van der Waals surface area contributed by atoms with E-state index < -0.39 is 10.0 Å². The van der Waals surface area contributed by atoms with Gasteiger partial charge in [0.2, 0.25) is 15.9 Å². The van der Waals surface area contributed by atoms with E-state index in [0.717, 1.165) is 5.57 Å². The summed E-state index contributed by atoms with van der Waals surface area (Å²) < 4.78 is 26.0. The maximum atomic E-state index is 12.3. The minimum Gasteiger partial charge on any atom is -0.323 e. The van der Waals surface area contributed by atoms with Gasteiger partial charge in [0.05, 0.1) is 4.90 Å². The van der Waals surface area contributed by atoms with Crippen LogP contribution < -0.4 is 5.32 Å². The fourth-order valence-corrected chi connectivity index (χ4v) is 3.32. The number of rotatable bonds is 6. The number of sulfonamides is 1. The van der Waals surface area contributed by atoms with Crippen molar-refractivity contribution in [2.45, 2.75) is 32.6 Å². The lowest BCUT2D eigenvalue weighted by Crippen LogP contribution is -2.30. The predicted molar refractivity (Wildman–Crippen MR) is 84.6 cm³/mol. The molecule has 1 amide bonds. The van der Waals surface area contributed by atoms with Gasteiger partial charge in [-0.25, -0.2) is 8.42 Å². The molecule has 0 radical (unpaired) electrons. The van der Waals surface area contributed by atoms with E-state index in [9.17, 15) is 13.2 Å². The first-order valence-electron chi connectivity index (χ1n) is 6.87. The first-order valence-corrected chi connectivity index (χ1v) is 8.31. The normalized spacial score (nSPS) is 11.3. The van der Waals surface area contributed by atoms with Crippen LogP contribution in [0.15, 0.2) is 40.8 Å². The van der Waals surface area contributed by atoms with Crippen molar-refractivity contribution in [3.8, 4) is 0 Å². The molecule has 5 nitrogen and oxygen atoms in total. The molecule has 0 saturated heterocycles. The fraction of sp³-hybridized carbons (Fsp3) is 0.400. The number of anilines is 1. The molecule has 116 valence electrons. The van der Waals surface area contributed by atoms with E-state index in [1.165, 1.54) is 22.5 Å². The number of amides is 1. The highest BCUT2D eigenvalue weighted by molar-refractivity contribution is 7.89. The molecule has 0 atom stereocenters. The van der Waals surface area contributed by atoms with Gasteiger partial charge in [-0.1, -0.05) is 19.4 Å². The molecule has 0 unspecified atom stereocenters. The smallest absolute Gasteiger partial charge is 0.248 e. The molecule has 0 aromatic heterocycles. The van der Waals surface area contributed by atoms with Gasteiger partial charge in [0.25, 0.3) is 0 Å². The molecule has 0 aliphatic rings. The second-order valence-corrected chi connectivity index (χ2v) is 6.76. The summed E-state index contributed by atoms with van der Waals surface area (Å²) in [7, 11) is -3.46. The van der Waals surface area contributed by atoms with Crippen LogP contribution >= 0.6 is 0 Å². The Morgan fingerprint density at radius 1 is 1.14 bits per heavy atom. The summed E-state index contributed by atoms with van der Waals surface area (Å²) in [6.07, 6.45) is 1.49. The zero-order valence-corrected chi connectivity index (χ0v) is 13.7. The third-order valence-electron chi connectivity index (χ3n) is 2.88. The molecule has 0 spiro atoms.